The summed E-state index contributed by atoms with van der Waals surface area (Å²) < 4.78 is 19.3. The molecule has 0 aliphatic rings. The molecule has 0 spiro atoms. The summed E-state index contributed by atoms with van der Waals surface area (Å²) in [5.74, 6) is 0.893. The fraction of sp³-hybridized carbons (Fsp3) is 0.0714. The minimum Gasteiger partial charge on any atom is -0.457 e. The van der Waals surface area contributed by atoms with Crippen molar-refractivity contribution < 1.29 is 9.13 Å². The van der Waals surface area contributed by atoms with Crippen LogP contribution in [0.4, 0.5) is 4.39 Å². The van der Waals surface area contributed by atoms with Crippen LogP contribution < -0.4 is 4.74 Å². The van der Waals surface area contributed by atoms with E-state index in [9.17, 15) is 4.39 Å². The summed E-state index contributed by atoms with van der Waals surface area (Å²) in [5, 5.41) is 8.81. The van der Waals surface area contributed by atoms with Crippen molar-refractivity contribution in [2.75, 3.05) is 0 Å². The molecule has 0 aromatic heterocycles. The van der Waals surface area contributed by atoms with Gasteiger partial charge in [0.05, 0.1) is 5.56 Å². The minimum atomic E-state index is -0.291. The minimum absolute atomic E-state index is 0.291. The Balaban J connectivity index is 2.29. The van der Waals surface area contributed by atoms with E-state index in [2.05, 4.69) is 22.0 Å². The third-order valence-electron chi connectivity index (χ3n) is 2.43. The van der Waals surface area contributed by atoms with Crippen molar-refractivity contribution in [3.05, 3.63) is 57.8 Å². The summed E-state index contributed by atoms with van der Waals surface area (Å²) in [6.45, 7) is 1.77. The fourth-order valence-electron chi connectivity index (χ4n) is 1.50. The second-order valence-corrected chi connectivity index (χ2v) is 4.62. The SMILES string of the molecule is Cc1cc(F)ccc1Oc1ccc(C#N)c(Br)c1. The van der Waals surface area contributed by atoms with Crippen LogP contribution in [0.3, 0.4) is 0 Å². The van der Waals surface area contributed by atoms with Gasteiger partial charge in [0, 0.05) is 4.47 Å². The summed E-state index contributed by atoms with van der Waals surface area (Å²) in [6.07, 6.45) is 0. The number of nitrogens with zero attached hydrogens (tertiary/aromatic N) is 1. The maximum Gasteiger partial charge on any atom is 0.130 e. The van der Waals surface area contributed by atoms with Crippen molar-refractivity contribution in [3.63, 3.8) is 0 Å². The molecule has 0 radical (unpaired) electrons. The van der Waals surface area contributed by atoms with Crippen LogP contribution in [0.2, 0.25) is 0 Å². The second kappa shape index (κ2) is 5.19. The maximum absolute atomic E-state index is 13.0. The van der Waals surface area contributed by atoms with Gasteiger partial charge in [-0.3, -0.25) is 0 Å². The van der Waals surface area contributed by atoms with Crippen molar-refractivity contribution in [2.24, 2.45) is 0 Å². The number of ether oxygens (including phenoxy) is 1. The molecule has 2 rings (SSSR count). The normalized spacial score (nSPS) is 9.89. The van der Waals surface area contributed by atoms with E-state index in [1.807, 2.05) is 0 Å². The number of hydrogen-bond acceptors (Lipinski definition) is 2. The van der Waals surface area contributed by atoms with E-state index in [4.69, 9.17) is 10.00 Å². The predicted molar refractivity (Wildman–Crippen MR) is 70.1 cm³/mol. The molecule has 0 N–H and O–H groups in total. The molecular weight excluding hydrogens is 297 g/mol. The van der Waals surface area contributed by atoms with Gasteiger partial charge in [0.25, 0.3) is 0 Å². The Morgan fingerprint density at radius 3 is 2.61 bits per heavy atom. The van der Waals surface area contributed by atoms with Crippen molar-refractivity contribution in [1.82, 2.24) is 0 Å². The molecule has 0 unspecified atom stereocenters. The van der Waals surface area contributed by atoms with Gasteiger partial charge in [-0.25, -0.2) is 4.39 Å². The zero-order valence-electron chi connectivity index (χ0n) is 9.58. The van der Waals surface area contributed by atoms with E-state index >= 15 is 0 Å². The maximum atomic E-state index is 13.0. The average molecular weight is 306 g/mol. The molecule has 0 atom stereocenters. The van der Waals surface area contributed by atoms with Crippen LogP contribution >= 0.6 is 15.9 Å². The van der Waals surface area contributed by atoms with E-state index in [0.717, 1.165) is 5.56 Å². The first-order valence-corrected chi connectivity index (χ1v) is 6.03. The summed E-state index contributed by atoms with van der Waals surface area (Å²) in [7, 11) is 0. The second-order valence-electron chi connectivity index (χ2n) is 3.77. The van der Waals surface area contributed by atoms with Gasteiger partial charge in [-0.15, -0.1) is 0 Å². The molecule has 0 fully saturated rings. The van der Waals surface area contributed by atoms with Crippen LogP contribution in [0, 0.1) is 24.1 Å². The summed E-state index contributed by atoms with van der Waals surface area (Å²) in [5.41, 5.74) is 1.26. The summed E-state index contributed by atoms with van der Waals surface area (Å²) in [6, 6.07) is 11.5. The highest BCUT2D eigenvalue weighted by molar-refractivity contribution is 9.10. The van der Waals surface area contributed by atoms with E-state index < -0.39 is 0 Å². The molecule has 0 aliphatic heterocycles. The molecule has 2 nitrogen and oxygen atoms in total. The summed E-state index contributed by atoms with van der Waals surface area (Å²) in [4.78, 5) is 0. The molecule has 2 aromatic rings. The van der Waals surface area contributed by atoms with Gasteiger partial charge >= 0.3 is 0 Å². The van der Waals surface area contributed by atoms with Crippen molar-refractivity contribution in [1.29, 1.82) is 5.26 Å². The van der Waals surface area contributed by atoms with Crippen LogP contribution in [0.1, 0.15) is 11.1 Å². The highest BCUT2D eigenvalue weighted by Gasteiger charge is 2.05. The van der Waals surface area contributed by atoms with E-state index in [1.165, 1.54) is 12.1 Å². The van der Waals surface area contributed by atoms with Gasteiger partial charge in [-0.05, 0) is 64.8 Å². The van der Waals surface area contributed by atoms with Crippen LogP contribution in [0.15, 0.2) is 40.9 Å². The Morgan fingerprint density at radius 1 is 1.22 bits per heavy atom. The molecule has 0 bridgehead atoms. The molecule has 2 aromatic carbocycles. The molecule has 0 saturated heterocycles. The molecule has 0 amide bonds. The monoisotopic (exact) mass is 305 g/mol. The number of aryl methyl sites for hydroxylation is 1. The zero-order chi connectivity index (χ0) is 13.1. The first-order valence-electron chi connectivity index (χ1n) is 5.24. The molecule has 0 saturated carbocycles. The molecular formula is C14H9BrFNO. The summed E-state index contributed by atoms with van der Waals surface area (Å²) >= 11 is 3.29. The topological polar surface area (TPSA) is 33.0 Å². The van der Waals surface area contributed by atoms with Crippen molar-refractivity contribution >= 4 is 15.9 Å². The van der Waals surface area contributed by atoms with Crippen molar-refractivity contribution in [2.45, 2.75) is 6.92 Å². The number of hydrogen-bond donors (Lipinski definition) is 0. The van der Waals surface area contributed by atoms with Crippen LogP contribution in [-0.4, -0.2) is 0 Å². The van der Waals surface area contributed by atoms with Crippen LogP contribution in [0.5, 0.6) is 11.5 Å². The van der Waals surface area contributed by atoms with Gasteiger partial charge in [-0.2, -0.15) is 5.26 Å². The first-order chi connectivity index (χ1) is 8.60. The molecule has 0 aliphatic carbocycles. The predicted octanol–water partition coefficient (Wildman–Crippen LogP) is 4.56. The standard InChI is InChI=1S/C14H9BrFNO/c1-9-6-11(16)3-5-14(9)18-12-4-2-10(8-17)13(15)7-12/h2-7H,1H3. The van der Waals surface area contributed by atoms with Gasteiger partial charge in [0.15, 0.2) is 0 Å². The average Bonchev–Trinajstić information content (AvgIpc) is 2.33. The third-order valence-corrected chi connectivity index (χ3v) is 3.08. The van der Waals surface area contributed by atoms with Crippen LogP contribution in [0.25, 0.3) is 0 Å². The van der Waals surface area contributed by atoms with E-state index in [0.29, 0.717) is 21.5 Å². The van der Waals surface area contributed by atoms with Crippen molar-refractivity contribution in [3.8, 4) is 17.6 Å². The smallest absolute Gasteiger partial charge is 0.130 e. The Hall–Kier alpha value is -1.86. The largest absolute Gasteiger partial charge is 0.457 e. The lowest BCUT2D eigenvalue weighted by atomic mass is 10.2. The lowest BCUT2D eigenvalue weighted by molar-refractivity contribution is 0.476. The number of benzene rings is 2. The van der Waals surface area contributed by atoms with Gasteiger partial charge in [0.1, 0.15) is 23.4 Å². The Kier molecular flexibility index (Phi) is 3.63. The Morgan fingerprint density at radius 2 is 2.00 bits per heavy atom. The van der Waals surface area contributed by atoms with Crippen LogP contribution in [-0.2, 0) is 0 Å². The molecule has 90 valence electrons. The lowest BCUT2D eigenvalue weighted by Crippen LogP contribution is -1.89. The Bertz CT molecular complexity index is 634. The number of halogens is 2. The number of rotatable bonds is 2. The van der Waals surface area contributed by atoms with E-state index in [-0.39, 0.29) is 5.82 Å². The fourth-order valence-corrected chi connectivity index (χ4v) is 1.95. The quantitative estimate of drug-likeness (QED) is 0.815. The Labute approximate surface area is 113 Å². The molecule has 18 heavy (non-hydrogen) atoms. The highest BCUT2D eigenvalue weighted by atomic mass is 79.9. The molecule has 0 heterocycles. The van der Waals surface area contributed by atoms with Gasteiger partial charge in [-0.1, -0.05) is 0 Å². The highest BCUT2D eigenvalue weighted by Crippen LogP contribution is 2.28. The van der Waals surface area contributed by atoms with Gasteiger partial charge in [0.2, 0.25) is 0 Å². The third kappa shape index (κ3) is 2.69. The first kappa shape index (κ1) is 12.6. The zero-order valence-corrected chi connectivity index (χ0v) is 11.2. The lowest BCUT2D eigenvalue weighted by Gasteiger charge is -2.09. The van der Waals surface area contributed by atoms with Gasteiger partial charge < -0.3 is 4.74 Å². The molecule has 4 heteroatoms. The van der Waals surface area contributed by atoms with E-state index in [1.54, 1.807) is 31.2 Å². The number of nitriles is 1.